The van der Waals surface area contributed by atoms with Gasteiger partial charge in [-0.05, 0) is 53.9 Å². The molecular formula is C25H30ClN3O6S3. The van der Waals surface area contributed by atoms with Crippen molar-refractivity contribution in [2.75, 3.05) is 43.6 Å². The zero-order valence-electron chi connectivity index (χ0n) is 20.9. The second kappa shape index (κ2) is 13.2. The van der Waals surface area contributed by atoms with Gasteiger partial charge in [0.1, 0.15) is 5.82 Å². The molecule has 3 aromatic rings. The van der Waals surface area contributed by atoms with E-state index in [1.807, 2.05) is 30.1 Å². The van der Waals surface area contributed by atoms with E-state index in [9.17, 15) is 16.8 Å². The number of hydrogen-bond acceptors (Lipinski definition) is 8. The van der Waals surface area contributed by atoms with Gasteiger partial charge < -0.3 is 4.90 Å². The van der Waals surface area contributed by atoms with Crippen molar-refractivity contribution in [1.29, 1.82) is 0 Å². The number of piperazine rings is 1. The van der Waals surface area contributed by atoms with E-state index in [1.54, 1.807) is 0 Å². The lowest BCUT2D eigenvalue weighted by molar-refractivity contribution is 0.182. The maximum atomic E-state index is 9.19. The Bertz CT molecular complexity index is 1390. The molecule has 0 amide bonds. The molecular weight excluding hydrogens is 570 g/mol. The lowest BCUT2D eigenvalue weighted by Crippen LogP contribution is -2.48. The Labute approximate surface area is 233 Å². The van der Waals surface area contributed by atoms with E-state index in [1.165, 1.54) is 20.9 Å². The van der Waals surface area contributed by atoms with Crippen molar-refractivity contribution in [2.45, 2.75) is 22.3 Å². The van der Waals surface area contributed by atoms with Gasteiger partial charge >= 0.3 is 0 Å². The van der Waals surface area contributed by atoms with Crippen LogP contribution in [-0.2, 0) is 26.7 Å². The Morgan fingerprint density at radius 3 is 2.08 bits per heavy atom. The fourth-order valence-electron chi connectivity index (χ4n) is 4.21. The molecule has 5 rings (SSSR count). The van der Waals surface area contributed by atoms with E-state index in [-0.39, 0.29) is 0 Å². The number of halogens is 1. The van der Waals surface area contributed by atoms with E-state index in [2.05, 4.69) is 63.3 Å². The van der Waals surface area contributed by atoms with Gasteiger partial charge in [-0.3, -0.25) is 14.0 Å². The van der Waals surface area contributed by atoms with Crippen LogP contribution in [0.25, 0.3) is 0 Å². The molecule has 0 aliphatic carbocycles. The molecule has 0 saturated carbocycles. The summed E-state index contributed by atoms with van der Waals surface area (Å²) in [5.41, 5.74) is 2.79. The van der Waals surface area contributed by atoms with Gasteiger partial charge in [-0.15, -0.1) is 0 Å². The van der Waals surface area contributed by atoms with Gasteiger partial charge in [-0.1, -0.05) is 47.6 Å². The Kier molecular flexibility index (Phi) is 10.6. The zero-order chi connectivity index (χ0) is 27.9. The molecule has 0 spiro atoms. The summed E-state index contributed by atoms with van der Waals surface area (Å²) in [6, 6.07) is 21.6. The van der Waals surface area contributed by atoms with Crippen LogP contribution in [0.2, 0.25) is 5.02 Å². The SMILES string of the molecule is CS(=O)(=O)O.CS(=O)(=O)O.Clc1ccc2c(c1)C(N1CCN(c3ccccn3)CC1)Cc1ccccc1S2. The third kappa shape index (κ3) is 10.2. The molecule has 1 saturated heterocycles. The van der Waals surface area contributed by atoms with Crippen LogP contribution in [0.1, 0.15) is 17.2 Å². The minimum atomic E-state index is -3.67. The van der Waals surface area contributed by atoms with Crippen molar-refractivity contribution in [1.82, 2.24) is 9.88 Å². The van der Waals surface area contributed by atoms with Crippen LogP contribution in [0.3, 0.4) is 0 Å². The lowest BCUT2D eigenvalue weighted by Gasteiger charge is -2.40. The van der Waals surface area contributed by atoms with E-state index in [4.69, 9.17) is 20.7 Å². The minimum absolute atomic E-state index is 0.357. The van der Waals surface area contributed by atoms with Crippen molar-refractivity contribution in [2.24, 2.45) is 0 Å². The van der Waals surface area contributed by atoms with Gasteiger partial charge in [0.05, 0.1) is 12.5 Å². The van der Waals surface area contributed by atoms with Crippen molar-refractivity contribution in [3.63, 3.8) is 0 Å². The van der Waals surface area contributed by atoms with Crippen molar-refractivity contribution in [3.05, 3.63) is 83.0 Å². The molecule has 0 radical (unpaired) electrons. The summed E-state index contributed by atoms with van der Waals surface area (Å²) < 4.78 is 51.7. The highest BCUT2D eigenvalue weighted by atomic mass is 35.5. The number of nitrogens with zero attached hydrogens (tertiary/aromatic N) is 3. The van der Waals surface area contributed by atoms with Gasteiger partial charge in [0.2, 0.25) is 0 Å². The number of anilines is 1. The van der Waals surface area contributed by atoms with Crippen LogP contribution in [0.15, 0.2) is 76.7 Å². The van der Waals surface area contributed by atoms with Crippen LogP contribution in [0, 0.1) is 0 Å². The molecule has 0 bridgehead atoms. The highest BCUT2D eigenvalue weighted by molar-refractivity contribution is 7.99. The molecule has 2 N–H and O–H groups in total. The number of aromatic nitrogens is 1. The van der Waals surface area contributed by atoms with E-state index >= 15 is 0 Å². The third-order valence-electron chi connectivity index (χ3n) is 5.66. The van der Waals surface area contributed by atoms with Gasteiger partial charge in [-0.25, -0.2) is 4.98 Å². The number of hydrogen-bond donors (Lipinski definition) is 2. The van der Waals surface area contributed by atoms with E-state index in [0.29, 0.717) is 18.6 Å². The smallest absolute Gasteiger partial charge is 0.261 e. The molecule has 1 aromatic heterocycles. The molecule has 2 aromatic carbocycles. The quantitative estimate of drug-likeness (QED) is 0.411. The first-order valence-corrected chi connectivity index (χ1v) is 16.5. The minimum Gasteiger partial charge on any atom is -0.354 e. The van der Waals surface area contributed by atoms with Gasteiger partial charge in [0.15, 0.2) is 0 Å². The highest BCUT2D eigenvalue weighted by Crippen LogP contribution is 2.43. The predicted octanol–water partition coefficient (Wildman–Crippen LogP) is 4.31. The Morgan fingerprint density at radius 2 is 1.47 bits per heavy atom. The normalized spacial score (nSPS) is 17.5. The van der Waals surface area contributed by atoms with Crippen LogP contribution >= 0.6 is 23.4 Å². The maximum absolute atomic E-state index is 9.19. The van der Waals surface area contributed by atoms with Crippen LogP contribution in [0.5, 0.6) is 0 Å². The zero-order valence-corrected chi connectivity index (χ0v) is 24.1. The summed E-state index contributed by atoms with van der Waals surface area (Å²) in [5.74, 6) is 1.08. The molecule has 1 unspecified atom stereocenters. The van der Waals surface area contributed by atoms with Crippen molar-refractivity contribution < 1.29 is 25.9 Å². The first kappa shape index (κ1) is 30.4. The number of rotatable bonds is 2. The largest absolute Gasteiger partial charge is 0.354 e. The van der Waals surface area contributed by atoms with Crippen molar-refractivity contribution in [3.8, 4) is 0 Å². The van der Waals surface area contributed by atoms with E-state index < -0.39 is 20.2 Å². The summed E-state index contributed by atoms with van der Waals surface area (Å²) in [5, 5.41) is 0.822. The average Bonchev–Trinajstić information content (AvgIpc) is 2.99. The fourth-order valence-corrected chi connectivity index (χ4v) is 5.51. The number of fused-ring (bicyclic) bond motifs is 2. The van der Waals surface area contributed by atoms with Crippen molar-refractivity contribution >= 4 is 49.4 Å². The number of benzene rings is 2. The second-order valence-electron chi connectivity index (χ2n) is 8.79. The summed E-state index contributed by atoms with van der Waals surface area (Å²) in [6.07, 6.45) is 4.33. The van der Waals surface area contributed by atoms with Crippen LogP contribution in [-0.4, -0.2) is 74.5 Å². The predicted molar refractivity (Wildman–Crippen MR) is 151 cm³/mol. The first-order valence-electron chi connectivity index (χ1n) is 11.6. The van der Waals surface area contributed by atoms with Crippen LogP contribution in [0.4, 0.5) is 5.82 Å². The van der Waals surface area contributed by atoms with Gasteiger partial charge in [-0.2, -0.15) is 16.8 Å². The van der Waals surface area contributed by atoms with E-state index in [0.717, 1.165) is 43.4 Å². The second-order valence-corrected chi connectivity index (χ2v) is 13.2. The standard InChI is InChI=1S/C23H22ClN3S.2CH4O3S/c24-18-8-9-22-19(16-18)20(15-17-5-1-2-6-21(17)28-22)26-11-13-27(14-12-26)23-7-3-4-10-25-23;2*1-5(2,3)4/h1-10,16,20H,11-15H2;2*1H3,(H,2,3,4). The number of pyridine rings is 1. The molecule has 1 atom stereocenters. The Morgan fingerprint density at radius 1 is 0.868 bits per heavy atom. The Hall–Kier alpha value is -2.19. The van der Waals surface area contributed by atoms with Gasteiger partial charge in [0, 0.05) is 53.2 Å². The Balaban J connectivity index is 0.000000344. The first-order chi connectivity index (χ1) is 17.8. The molecule has 3 heterocycles. The molecule has 9 nitrogen and oxygen atoms in total. The maximum Gasteiger partial charge on any atom is 0.261 e. The lowest BCUT2D eigenvalue weighted by atomic mass is 9.96. The highest BCUT2D eigenvalue weighted by Gasteiger charge is 2.30. The molecule has 13 heteroatoms. The van der Waals surface area contributed by atoms with Gasteiger partial charge in [0.25, 0.3) is 20.2 Å². The molecule has 2 aliphatic heterocycles. The molecule has 2 aliphatic rings. The monoisotopic (exact) mass is 599 g/mol. The molecule has 38 heavy (non-hydrogen) atoms. The average molecular weight is 600 g/mol. The van der Waals surface area contributed by atoms with Crippen LogP contribution < -0.4 is 4.90 Å². The topological polar surface area (TPSA) is 128 Å². The summed E-state index contributed by atoms with van der Waals surface area (Å²) >= 11 is 8.28. The summed E-state index contributed by atoms with van der Waals surface area (Å²) in [7, 11) is -7.33. The molecule has 206 valence electrons. The summed E-state index contributed by atoms with van der Waals surface area (Å²) in [6.45, 7) is 4.05. The summed E-state index contributed by atoms with van der Waals surface area (Å²) in [4.78, 5) is 12.2. The fraction of sp³-hybridized carbons (Fsp3) is 0.320. The molecule has 1 fully saturated rings. The third-order valence-corrected chi connectivity index (χ3v) is 7.11.